The van der Waals surface area contributed by atoms with Crippen molar-refractivity contribution in [3.63, 3.8) is 0 Å². The van der Waals surface area contributed by atoms with E-state index < -0.39 is 0 Å². The lowest BCUT2D eigenvalue weighted by atomic mass is 10.2. The third kappa shape index (κ3) is 43.3. The fourth-order valence-electron chi connectivity index (χ4n) is 4.63. The van der Waals surface area contributed by atoms with E-state index in [-0.39, 0.29) is 11.7 Å². The van der Waals surface area contributed by atoms with Crippen molar-refractivity contribution in [1.29, 1.82) is 0 Å². The van der Waals surface area contributed by atoms with Crippen LogP contribution in [0.15, 0.2) is 54.6 Å². The monoisotopic (exact) mass is 871 g/mol. The summed E-state index contributed by atoms with van der Waals surface area (Å²) in [4.78, 5) is 0. The molecule has 1 fully saturated rings. The van der Waals surface area contributed by atoms with Gasteiger partial charge in [-0.3, -0.25) is 0 Å². The van der Waals surface area contributed by atoms with Crippen LogP contribution in [0, 0.1) is 6.92 Å². The van der Waals surface area contributed by atoms with Crippen LogP contribution in [0.1, 0.15) is 121 Å². The normalized spacial score (nSPS) is 17.5. The molecule has 0 N–H and O–H groups in total. The van der Waals surface area contributed by atoms with Gasteiger partial charge in [-0.25, -0.2) is 0 Å². The fourth-order valence-corrected chi connectivity index (χ4v) is 8.05. The highest BCUT2D eigenvalue weighted by Gasteiger charge is 2.21. The molecule has 0 spiro atoms. The van der Waals surface area contributed by atoms with Crippen LogP contribution in [0.2, 0.25) is 0 Å². The fraction of sp³-hybridized carbons (Fsp3) is 0.750. The van der Waals surface area contributed by atoms with E-state index >= 15 is 0 Å². The highest BCUT2D eigenvalue weighted by atomic mass is 32.2. The third-order valence-electron chi connectivity index (χ3n) is 6.99. The number of hydrogen-bond acceptors (Lipinski definition) is 10. The van der Waals surface area contributed by atoms with Gasteiger partial charge in [-0.15, -0.1) is 0 Å². The Hall–Kier alpha value is -0.790. The Morgan fingerprint density at radius 1 is 0.483 bits per heavy atom. The van der Waals surface area contributed by atoms with Gasteiger partial charge < -0.3 is 33.2 Å². The predicted molar refractivity (Wildman–Crippen MR) is 256 cm³/mol. The van der Waals surface area contributed by atoms with Gasteiger partial charge in [-0.1, -0.05) is 143 Å². The molecule has 2 aromatic carbocycles. The number of thioether (sulfide) groups is 3. The Balaban J connectivity index is 0.000000809. The summed E-state index contributed by atoms with van der Waals surface area (Å²) in [6.07, 6.45) is -0.119. The Morgan fingerprint density at radius 2 is 0.862 bits per heavy atom. The van der Waals surface area contributed by atoms with E-state index in [1.807, 2.05) is 56.1 Å². The van der Waals surface area contributed by atoms with E-state index in [2.05, 4.69) is 145 Å². The first-order chi connectivity index (χ1) is 26.8. The Kier molecular flexibility index (Phi) is 30.7. The second-order valence-corrected chi connectivity index (χ2v) is 25.3. The van der Waals surface area contributed by atoms with Crippen LogP contribution in [0.5, 0.6) is 0 Å². The average Bonchev–Trinajstić information content (AvgIpc) is 3.09. The molecule has 2 aromatic rings. The van der Waals surface area contributed by atoms with Gasteiger partial charge in [0.1, 0.15) is 6.10 Å². The molecule has 0 aliphatic carbocycles. The number of ether oxygens (including phenoxy) is 7. The van der Waals surface area contributed by atoms with Gasteiger partial charge in [0.25, 0.3) is 0 Å². The quantitative estimate of drug-likeness (QED) is 0.280. The van der Waals surface area contributed by atoms with Gasteiger partial charge in [0.05, 0.1) is 84.9 Å². The molecule has 3 rings (SSSR count). The maximum absolute atomic E-state index is 5.81. The summed E-state index contributed by atoms with van der Waals surface area (Å²) in [6, 6.07) is 19.4. The predicted octanol–water partition coefficient (Wildman–Crippen LogP) is 12.3. The smallest absolute Gasteiger partial charge is 0.104 e. The largest absolute Gasteiger partial charge is 0.377 e. The number of rotatable bonds is 6. The molecular weight excluding hydrogens is 785 g/mol. The summed E-state index contributed by atoms with van der Waals surface area (Å²) in [6.45, 7) is 41.6. The standard InChI is InChI=1S/C17H34O7.C12H18S.C11H16S.C8H18S/c1-17(2,3)24-15-16-14-22-11-10-20-7-6-18-4-5-19-8-9-21-12-13-23-16;1-10-5-7-11(8-6-10)9-13-12(2,3)4;1-11(2,3)12-9-10-7-5-4-6-8-10;1-7(2,3)9-8(4,5)6/h16H,4-15H2,1-3H3;5-8H,9H2,1-4H3;4-8H,9H2,1-3H3;1-6H3. The molecule has 338 valence electrons. The molecule has 10 heteroatoms. The lowest BCUT2D eigenvalue weighted by Crippen LogP contribution is -2.32. The molecule has 0 aromatic heterocycles. The zero-order valence-corrected chi connectivity index (χ0v) is 42.2. The highest BCUT2D eigenvalue weighted by Crippen LogP contribution is 2.35. The van der Waals surface area contributed by atoms with Gasteiger partial charge >= 0.3 is 0 Å². The van der Waals surface area contributed by atoms with Crippen LogP contribution < -0.4 is 0 Å². The molecule has 1 aliphatic rings. The van der Waals surface area contributed by atoms with Crippen LogP contribution in [0.25, 0.3) is 0 Å². The van der Waals surface area contributed by atoms with Gasteiger partial charge in [-0.2, -0.15) is 35.3 Å². The van der Waals surface area contributed by atoms with Crippen molar-refractivity contribution < 1.29 is 33.2 Å². The van der Waals surface area contributed by atoms with E-state index in [0.717, 1.165) is 11.5 Å². The minimum absolute atomic E-state index is 0.119. The highest BCUT2D eigenvalue weighted by molar-refractivity contribution is 8.01. The summed E-state index contributed by atoms with van der Waals surface area (Å²) in [7, 11) is 0. The molecule has 1 heterocycles. The first-order valence-corrected chi connectivity index (χ1v) is 23.8. The molecule has 1 unspecified atom stereocenters. The second-order valence-electron chi connectivity index (χ2n) is 19.0. The van der Waals surface area contributed by atoms with Crippen molar-refractivity contribution in [3.8, 4) is 0 Å². The summed E-state index contributed by atoms with van der Waals surface area (Å²) in [5.41, 5.74) is 3.97. The molecule has 58 heavy (non-hydrogen) atoms. The molecule has 0 radical (unpaired) electrons. The van der Waals surface area contributed by atoms with Gasteiger partial charge in [0.2, 0.25) is 0 Å². The van der Waals surface area contributed by atoms with Crippen LogP contribution in [0.3, 0.4) is 0 Å². The van der Waals surface area contributed by atoms with Crippen LogP contribution in [0.4, 0.5) is 0 Å². The summed E-state index contributed by atoms with van der Waals surface area (Å²) in [5, 5.41) is 0. The Morgan fingerprint density at radius 3 is 1.22 bits per heavy atom. The van der Waals surface area contributed by atoms with Crippen molar-refractivity contribution in [2.45, 2.75) is 153 Å². The van der Waals surface area contributed by atoms with Gasteiger partial charge in [0, 0.05) is 30.5 Å². The van der Waals surface area contributed by atoms with Crippen LogP contribution >= 0.6 is 35.3 Å². The maximum Gasteiger partial charge on any atom is 0.104 e. The van der Waals surface area contributed by atoms with Crippen molar-refractivity contribution >= 4 is 35.3 Å². The summed E-state index contributed by atoms with van der Waals surface area (Å²) < 4.78 is 40.5. The van der Waals surface area contributed by atoms with Crippen molar-refractivity contribution in [1.82, 2.24) is 0 Å². The molecule has 1 atom stereocenters. The molecule has 0 saturated carbocycles. The number of hydrogen-bond donors (Lipinski definition) is 0. The first kappa shape index (κ1) is 57.2. The zero-order valence-electron chi connectivity index (χ0n) is 39.8. The van der Waals surface area contributed by atoms with E-state index in [9.17, 15) is 0 Å². The first-order valence-electron chi connectivity index (χ1n) is 21.1. The van der Waals surface area contributed by atoms with Crippen molar-refractivity contribution in [2.75, 3.05) is 79.3 Å². The summed E-state index contributed by atoms with van der Waals surface area (Å²) in [5.74, 6) is 2.23. The van der Waals surface area contributed by atoms with Crippen LogP contribution in [-0.4, -0.2) is 110 Å². The molecule has 1 aliphatic heterocycles. The average molecular weight is 871 g/mol. The van der Waals surface area contributed by atoms with Gasteiger partial charge in [-0.05, 0) is 38.8 Å². The Labute approximate surface area is 370 Å². The van der Waals surface area contributed by atoms with Crippen molar-refractivity contribution in [3.05, 3.63) is 71.3 Å². The zero-order chi connectivity index (χ0) is 44.1. The topological polar surface area (TPSA) is 64.6 Å². The SMILES string of the molecule is CC(C)(C)OCC1COCCOCCOCCOCCOCCO1.CC(C)(C)SC(C)(C)C.CC(C)(C)SCc1ccccc1.Cc1ccc(CSC(C)(C)C)cc1. The van der Waals surface area contributed by atoms with E-state index in [0.29, 0.717) is 98.3 Å². The number of benzene rings is 2. The lowest BCUT2D eigenvalue weighted by molar-refractivity contribution is -0.110. The maximum atomic E-state index is 5.81. The minimum Gasteiger partial charge on any atom is -0.377 e. The van der Waals surface area contributed by atoms with E-state index in [4.69, 9.17) is 33.2 Å². The summed E-state index contributed by atoms with van der Waals surface area (Å²) >= 11 is 5.99. The van der Waals surface area contributed by atoms with Crippen LogP contribution in [-0.2, 0) is 44.7 Å². The third-order valence-corrected chi connectivity index (χ3v) is 10.9. The molecule has 0 amide bonds. The molecule has 7 nitrogen and oxygen atoms in total. The lowest BCUT2D eigenvalue weighted by Gasteiger charge is -2.28. The molecular formula is C48H86O7S3. The molecule has 1 saturated heterocycles. The molecule has 0 bridgehead atoms. The Bertz CT molecular complexity index is 1200. The minimum atomic E-state index is -0.202. The number of aryl methyl sites for hydroxylation is 1. The van der Waals surface area contributed by atoms with Gasteiger partial charge in [0.15, 0.2) is 0 Å². The van der Waals surface area contributed by atoms with E-state index in [1.165, 1.54) is 16.7 Å². The van der Waals surface area contributed by atoms with Crippen molar-refractivity contribution in [2.24, 2.45) is 0 Å². The second kappa shape index (κ2) is 31.1. The van der Waals surface area contributed by atoms with E-state index in [1.54, 1.807) is 0 Å².